The number of likely N-dealkylation sites (tertiary alicyclic amines) is 2. The summed E-state index contributed by atoms with van der Waals surface area (Å²) in [5.41, 5.74) is 1.27. The van der Waals surface area contributed by atoms with Gasteiger partial charge in [0, 0.05) is 44.6 Å². The summed E-state index contributed by atoms with van der Waals surface area (Å²) in [6, 6.07) is 7.73. The minimum absolute atomic E-state index is 0.000526. The molecule has 26 heavy (non-hydrogen) atoms. The average molecular weight is 355 g/mol. The van der Waals surface area contributed by atoms with E-state index in [0.29, 0.717) is 18.8 Å². The zero-order valence-corrected chi connectivity index (χ0v) is 15.6. The number of amides is 2. The molecule has 0 saturated carbocycles. The van der Waals surface area contributed by atoms with Gasteiger partial charge in [-0.25, -0.2) is 0 Å². The lowest BCUT2D eigenvalue weighted by Crippen LogP contribution is -2.48. The molecule has 2 saturated heterocycles. The number of carbonyl (C=O) groups excluding carboxylic acids is 2. The van der Waals surface area contributed by atoms with Crippen LogP contribution in [-0.2, 0) is 11.8 Å². The summed E-state index contributed by atoms with van der Waals surface area (Å²) in [5, 5.41) is 0.984. The summed E-state index contributed by atoms with van der Waals surface area (Å²) in [5.74, 6) is 0.972. The molecule has 2 amide bonds. The lowest BCUT2D eigenvalue weighted by atomic mass is 9.78. The van der Waals surface area contributed by atoms with Crippen LogP contribution in [0, 0.1) is 5.41 Å². The van der Waals surface area contributed by atoms with Crippen LogP contribution in [0.4, 0.5) is 0 Å². The van der Waals surface area contributed by atoms with Gasteiger partial charge in [-0.2, -0.15) is 0 Å². The van der Waals surface area contributed by atoms with Crippen LogP contribution in [0.15, 0.2) is 24.3 Å². The minimum atomic E-state index is -0.379. The molecular formula is C20H25N3O3. The van der Waals surface area contributed by atoms with E-state index in [1.165, 1.54) is 0 Å². The number of rotatable bonds is 2. The van der Waals surface area contributed by atoms with Crippen LogP contribution in [0.3, 0.4) is 0 Å². The highest BCUT2D eigenvalue weighted by Gasteiger charge is 2.48. The van der Waals surface area contributed by atoms with Gasteiger partial charge in [0.2, 0.25) is 5.91 Å². The second kappa shape index (κ2) is 6.04. The average Bonchev–Trinajstić information content (AvgIpc) is 3.21. The summed E-state index contributed by atoms with van der Waals surface area (Å²) >= 11 is 0. The van der Waals surface area contributed by atoms with Crippen molar-refractivity contribution in [3.05, 3.63) is 30.0 Å². The molecule has 0 unspecified atom stereocenters. The van der Waals surface area contributed by atoms with Crippen LogP contribution in [-0.4, -0.2) is 60.0 Å². The van der Waals surface area contributed by atoms with Crippen molar-refractivity contribution in [3.63, 3.8) is 0 Å². The van der Waals surface area contributed by atoms with Gasteiger partial charge in [0.15, 0.2) is 0 Å². The first-order chi connectivity index (χ1) is 12.4. The molecule has 2 aromatic rings. The van der Waals surface area contributed by atoms with Crippen molar-refractivity contribution < 1.29 is 14.3 Å². The highest BCUT2D eigenvalue weighted by molar-refractivity contribution is 5.99. The number of methoxy groups -OCH3 is 1. The summed E-state index contributed by atoms with van der Waals surface area (Å²) in [6.45, 7) is 1.99. The lowest BCUT2D eigenvalue weighted by molar-refractivity contribution is -0.143. The quantitative estimate of drug-likeness (QED) is 0.830. The van der Waals surface area contributed by atoms with E-state index >= 15 is 0 Å². The van der Waals surface area contributed by atoms with Crippen LogP contribution >= 0.6 is 0 Å². The Labute approximate surface area is 153 Å². The van der Waals surface area contributed by atoms with E-state index in [-0.39, 0.29) is 17.2 Å². The number of fused-ring (bicyclic) bond motifs is 1. The van der Waals surface area contributed by atoms with E-state index in [2.05, 4.69) is 0 Å². The predicted molar refractivity (Wildman–Crippen MR) is 99.3 cm³/mol. The molecule has 2 aliphatic heterocycles. The first-order valence-electron chi connectivity index (χ1n) is 9.13. The predicted octanol–water partition coefficient (Wildman–Crippen LogP) is 2.27. The third kappa shape index (κ3) is 2.47. The van der Waals surface area contributed by atoms with E-state index < -0.39 is 0 Å². The fourth-order valence-corrected chi connectivity index (χ4v) is 4.51. The van der Waals surface area contributed by atoms with Gasteiger partial charge < -0.3 is 19.1 Å². The lowest BCUT2D eigenvalue weighted by Gasteiger charge is -2.37. The maximum Gasteiger partial charge on any atom is 0.270 e. The standard InChI is InChI=1S/C20H25N3O3/c1-21-9-4-7-20(19(21)25)8-10-23(13-20)18(24)17-12-14-11-15(26-3)5-6-16(14)22(17)2/h5-6,11-12H,4,7-10,13H2,1-3H3/t20-/m1/s1. The Bertz CT molecular complexity index is 888. The van der Waals surface area contributed by atoms with Crippen molar-refractivity contribution in [1.29, 1.82) is 0 Å². The first-order valence-corrected chi connectivity index (χ1v) is 9.13. The molecule has 1 aromatic heterocycles. The van der Waals surface area contributed by atoms with Gasteiger partial charge in [0.25, 0.3) is 5.91 Å². The van der Waals surface area contributed by atoms with Crippen molar-refractivity contribution in [2.24, 2.45) is 12.5 Å². The van der Waals surface area contributed by atoms with E-state index in [4.69, 9.17) is 4.74 Å². The minimum Gasteiger partial charge on any atom is -0.497 e. The van der Waals surface area contributed by atoms with Gasteiger partial charge in [0.1, 0.15) is 11.4 Å². The molecule has 6 nitrogen and oxygen atoms in total. The fourth-order valence-electron chi connectivity index (χ4n) is 4.51. The summed E-state index contributed by atoms with van der Waals surface area (Å²) in [7, 11) is 5.41. The second-order valence-corrected chi connectivity index (χ2v) is 7.60. The van der Waals surface area contributed by atoms with Crippen molar-refractivity contribution >= 4 is 22.7 Å². The Kier molecular flexibility index (Phi) is 3.93. The van der Waals surface area contributed by atoms with Crippen molar-refractivity contribution in [3.8, 4) is 5.75 Å². The molecule has 138 valence electrons. The van der Waals surface area contributed by atoms with E-state index in [9.17, 15) is 9.59 Å². The molecule has 1 aromatic carbocycles. The molecule has 2 fully saturated rings. The summed E-state index contributed by atoms with van der Waals surface area (Å²) in [4.78, 5) is 29.5. The van der Waals surface area contributed by atoms with E-state index in [1.54, 1.807) is 7.11 Å². The first kappa shape index (κ1) is 16.9. The largest absolute Gasteiger partial charge is 0.497 e. The molecule has 0 radical (unpaired) electrons. The molecule has 6 heteroatoms. The van der Waals surface area contributed by atoms with Gasteiger partial charge in [-0.1, -0.05) is 0 Å². The summed E-state index contributed by atoms with van der Waals surface area (Å²) in [6.07, 6.45) is 2.66. The van der Waals surface area contributed by atoms with Crippen LogP contribution in [0.5, 0.6) is 5.75 Å². The second-order valence-electron chi connectivity index (χ2n) is 7.60. The monoisotopic (exact) mass is 355 g/mol. The molecule has 2 aliphatic rings. The molecular weight excluding hydrogens is 330 g/mol. The number of piperidine rings is 1. The number of hydrogen-bond donors (Lipinski definition) is 0. The number of benzene rings is 1. The Morgan fingerprint density at radius 1 is 1.15 bits per heavy atom. The molecule has 1 atom stereocenters. The van der Waals surface area contributed by atoms with Gasteiger partial charge in [-0.05, 0) is 43.5 Å². The van der Waals surface area contributed by atoms with Crippen molar-refractivity contribution in [1.82, 2.24) is 14.4 Å². The highest BCUT2D eigenvalue weighted by Crippen LogP contribution is 2.40. The molecule has 1 spiro atoms. The molecule has 3 heterocycles. The number of aromatic nitrogens is 1. The third-order valence-corrected chi connectivity index (χ3v) is 6.06. The van der Waals surface area contributed by atoms with Crippen LogP contribution in [0.2, 0.25) is 0 Å². The van der Waals surface area contributed by atoms with Crippen molar-refractivity contribution in [2.75, 3.05) is 33.8 Å². The Balaban J connectivity index is 1.62. The molecule has 4 rings (SSSR count). The zero-order chi connectivity index (χ0) is 18.5. The zero-order valence-electron chi connectivity index (χ0n) is 15.6. The number of aryl methyl sites for hydroxylation is 1. The maximum absolute atomic E-state index is 13.2. The topological polar surface area (TPSA) is 54.8 Å². The molecule has 0 bridgehead atoms. The van der Waals surface area contributed by atoms with Gasteiger partial charge in [-0.3, -0.25) is 9.59 Å². The highest BCUT2D eigenvalue weighted by atomic mass is 16.5. The fraction of sp³-hybridized carbons (Fsp3) is 0.500. The van der Waals surface area contributed by atoms with Crippen LogP contribution in [0.25, 0.3) is 10.9 Å². The number of nitrogens with zero attached hydrogens (tertiary/aromatic N) is 3. The normalized spacial score (nSPS) is 23.3. The third-order valence-electron chi connectivity index (χ3n) is 6.06. The molecule has 0 aliphatic carbocycles. The SMILES string of the molecule is COc1ccc2c(c1)cc(C(=O)N1CC[C@]3(CCCN(C)C3=O)C1)n2C. The molecule has 0 N–H and O–H groups in total. The number of carbonyl (C=O) groups is 2. The van der Waals surface area contributed by atoms with Crippen molar-refractivity contribution in [2.45, 2.75) is 19.3 Å². The Hall–Kier alpha value is -2.50. The summed E-state index contributed by atoms with van der Waals surface area (Å²) < 4.78 is 7.21. The Morgan fingerprint density at radius 2 is 1.96 bits per heavy atom. The smallest absolute Gasteiger partial charge is 0.270 e. The van der Waals surface area contributed by atoms with Crippen LogP contribution in [0.1, 0.15) is 29.8 Å². The van der Waals surface area contributed by atoms with E-state index in [1.807, 2.05) is 52.7 Å². The number of hydrogen-bond acceptors (Lipinski definition) is 3. The van der Waals surface area contributed by atoms with E-state index in [0.717, 1.165) is 42.5 Å². The Morgan fingerprint density at radius 3 is 2.73 bits per heavy atom. The maximum atomic E-state index is 13.2. The van der Waals surface area contributed by atoms with Gasteiger partial charge >= 0.3 is 0 Å². The van der Waals surface area contributed by atoms with Crippen LogP contribution < -0.4 is 4.74 Å². The van der Waals surface area contributed by atoms with Gasteiger partial charge in [-0.15, -0.1) is 0 Å². The van der Waals surface area contributed by atoms with Gasteiger partial charge in [0.05, 0.1) is 12.5 Å². The number of ether oxygens (including phenoxy) is 1.